The molecule has 2 unspecified atom stereocenters. The van der Waals surface area contributed by atoms with Crippen molar-refractivity contribution in [2.75, 3.05) is 13.1 Å². The molecule has 2 N–H and O–H groups in total. The van der Waals surface area contributed by atoms with E-state index < -0.39 is 18.1 Å². The van der Waals surface area contributed by atoms with Crippen LogP contribution in [-0.2, 0) is 4.79 Å². The number of carbonyl (C=O) groups is 2. The standard InChI is InChI=1S/C15H18Cl2N2O3/c1-9(15(22)19-7-3-4-10(20)8-19)18-14(21)11-5-2-6-12(16)13(11)17/h2,5-6,9-10,20H,3-4,7-8H2,1H3,(H,18,21). The second-order valence-electron chi connectivity index (χ2n) is 5.38. The van der Waals surface area contributed by atoms with Crippen LogP contribution in [0, 0.1) is 0 Å². The zero-order valence-electron chi connectivity index (χ0n) is 12.2. The van der Waals surface area contributed by atoms with Gasteiger partial charge in [0.2, 0.25) is 5.91 Å². The lowest BCUT2D eigenvalue weighted by Gasteiger charge is -2.32. The summed E-state index contributed by atoms with van der Waals surface area (Å²) in [7, 11) is 0. The first kappa shape index (κ1) is 17.1. The van der Waals surface area contributed by atoms with Crippen LogP contribution in [0.5, 0.6) is 0 Å². The van der Waals surface area contributed by atoms with Crippen LogP contribution < -0.4 is 5.32 Å². The maximum atomic E-state index is 12.3. The fourth-order valence-corrected chi connectivity index (χ4v) is 2.83. The van der Waals surface area contributed by atoms with E-state index in [1.165, 1.54) is 0 Å². The number of amides is 2. The van der Waals surface area contributed by atoms with Crippen molar-refractivity contribution >= 4 is 35.0 Å². The molecule has 1 heterocycles. The van der Waals surface area contributed by atoms with Crippen LogP contribution in [0.4, 0.5) is 0 Å². The Balaban J connectivity index is 2.01. The highest BCUT2D eigenvalue weighted by atomic mass is 35.5. The van der Waals surface area contributed by atoms with Gasteiger partial charge in [-0.3, -0.25) is 9.59 Å². The number of benzene rings is 1. The lowest BCUT2D eigenvalue weighted by molar-refractivity contribution is -0.135. The molecule has 1 aliphatic rings. The van der Waals surface area contributed by atoms with Gasteiger partial charge in [0.25, 0.3) is 5.91 Å². The molecule has 0 aromatic heterocycles. The molecule has 1 aromatic carbocycles. The van der Waals surface area contributed by atoms with Crippen LogP contribution in [0.2, 0.25) is 10.0 Å². The lowest BCUT2D eigenvalue weighted by Crippen LogP contribution is -2.51. The van der Waals surface area contributed by atoms with Crippen LogP contribution in [0.25, 0.3) is 0 Å². The van der Waals surface area contributed by atoms with E-state index in [4.69, 9.17) is 23.2 Å². The number of likely N-dealkylation sites (tertiary alicyclic amines) is 1. The van der Waals surface area contributed by atoms with Gasteiger partial charge in [0.05, 0.1) is 21.7 Å². The lowest BCUT2D eigenvalue weighted by atomic mass is 10.1. The SMILES string of the molecule is CC(NC(=O)c1cccc(Cl)c1Cl)C(=O)N1CCCC(O)C1. The number of nitrogens with zero attached hydrogens (tertiary/aromatic N) is 1. The van der Waals surface area contributed by atoms with Gasteiger partial charge in [-0.1, -0.05) is 29.3 Å². The smallest absolute Gasteiger partial charge is 0.253 e. The van der Waals surface area contributed by atoms with Crippen LogP contribution in [0.15, 0.2) is 18.2 Å². The van der Waals surface area contributed by atoms with Crippen LogP contribution in [0.3, 0.4) is 0 Å². The summed E-state index contributed by atoms with van der Waals surface area (Å²) in [6.07, 6.45) is 0.957. The Labute approximate surface area is 139 Å². The van der Waals surface area contributed by atoms with Crippen molar-refractivity contribution in [2.45, 2.75) is 31.9 Å². The normalized spacial score (nSPS) is 19.6. The molecule has 1 aromatic rings. The van der Waals surface area contributed by atoms with Gasteiger partial charge in [0, 0.05) is 13.1 Å². The first-order valence-electron chi connectivity index (χ1n) is 7.12. The second kappa shape index (κ2) is 7.31. The van der Waals surface area contributed by atoms with Crippen molar-refractivity contribution in [2.24, 2.45) is 0 Å². The number of carbonyl (C=O) groups excluding carboxylic acids is 2. The maximum Gasteiger partial charge on any atom is 0.253 e. The van der Waals surface area contributed by atoms with Crippen LogP contribution in [-0.4, -0.2) is 47.1 Å². The highest BCUT2D eigenvalue weighted by Crippen LogP contribution is 2.25. The first-order chi connectivity index (χ1) is 10.4. The molecule has 0 radical (unpaired) electrons. The van der Waals surface area contributed by atoms with Crippen molar-refractivity contribution < 1.29 is 14.7 Å². The van der Waals surface area contributed by atoms with Crippen LogP contribution in [0.1, 0.15) is 30.1 Å². The monoisotopic (exact) mass is 344 g/mol. The van der Waals surface area contributed by atoms with Crippen molar-refractivity contribution in [3.8, 4) is 0 Å². The molecule has 5 nitrogen and oxygen atoms in total. The Morgan fingerprint density at radius 2 is 2.14 bits per heavy atom. The molecule has 0 spiro atoms. The van der Waals surface area contributed by atoms with Crippen molar-refractivity contribution in [3.05, 3.63) is 33.8 Å². The fraction of sp³-hybridized carbons (Fsp3) is 0.467. The molecule has 0 aliphatic carbocycles. The quantitative estimate of drug-likeness (QED) is 0.881. The molecule has 120 valence electrons. The summed E-state index contributed by atoms with van der Waals surface area (Å²) in [6, 6.07) is 4.06. The van der Waals surface area contributed by atoms with E-state index >= 15 is 0 Å². The predicted molar refractivity (Wildman–Crippen MR) is 85.2 cm³/mol. The Hall–Kier alpha value is -1.30. The summed E-state index contributed by atoms with van der Waals surface area (Å²) in [5.74, 6) is -0.670. The van der Waals surface area contributed by atoms with Crippen molar-refractivity contribution in [1.82, 2.24) is 10.2 Å². The third-order valence-corrected chi connectivity index (χ3v) is 4.44. The number of β-amino-alcohol motifs (C(OH)–C–C–N with tert-alkyl or cyclic N) is 1. The molecule has 2 amide bonds. The molecule has 22 heavy (non-hydrogen) atoms. The third-order valence-electron chi connectivity index (χ3n) is 3.62. The third kappa shape index (κ3) is 3.91. The average molecular weight is 345 g/mol. The number of hydrogen-bond donors (Lipinski definition) is 2. The fourth-order valence-electron chi connectivity index (χ4n) is 2.44. The number of aliphatic hydroxyl groups is 1. The van der Waals surface area contributed by atoms with Gasteiger partial charge >= 0.3 is 0 Å². The number of nitrogens with one attached hydrogen (secondary N) is 1. The topological polar surface area (TPSA) is 69.6 Å². The van der Waals surface area contributed by atoms with Crippen molar-refractivity contribution in [3.63, 3.8) is 0 Å². The molecule has 0 saturated carbocycles. The summed E-state index contributed by atoms with van der Waals surface area (Å²) in [5.41, 5.74) is 0.229. The first-order valence-corrected chi connectivity index (χ1v) is 7.87. The van der Waals surface area contributed by atoms with Gasteiger partial charge in [-0.25, -0.2) is 0 Å². The molecule has 2 rings (SSSR count). The number of halogens is 2. The van der Waals surface area contributed by atoms with E-state index in [1.54, 1.807) is 30.0 Å². The summed E-state index contributed by atoms with van der Waals surface area (Å²) in [4.78, 5) is 26.1. The molecule has 2 atom stereocenters. The highest BCUT2D eigenvalue weighted by Gasteiger charge is 2.27. The molecular formula is C15H18Cl2N2O3. The predicted octanol–water partition coefficient (Wildman–Crippen LogP) is 2.09. The van der Waals surface area contributed by atoms with Gasteiger partial charge in [-0.2, -0.15) is 0 Å². The van der Waals surface area contributed by atoms with Gasteiger partial charge < -0.3 is 15.3 Å². The minimum absolute atomic E-state index is 0.162. The minimum atomic E-state index is -0.701. The van der Waals surface area contributed by atoms with Gasteiger partial charge in [-0.15, -0.1) is 0 Å². The number of hydrogen-bond acceptors (Lipinski definition) is 3. The Morgan fingerprint density at radius 1 is 1.41 bits per heavy atom. The summed E-state index contributed by atoms with van der Waals surface area (Å²) in [6.45, 7) is 2.50. The van der Waals surface area contributed by atoms with Gasteiger partial charge in [0.1, 0.15) is 6.04 Å². The Kier molecular flexibility index (Phi) is 5.67. The molecule has 7 heteroatoms. The Bertz CT molecular complexity index is 580. The van der Waals surface area contributed by atoms with E-state index in [9.17, 15) is 14.7 Å². The molecule has 1 aliphatic heterocycles. The zero-order chi connectivity index (χ0) is 16.3. The van der Waals surface area contributed by atoms with Gasteiger partial charge in [-0.05, 0) is 31.9 Å². The second-order valence-corrected chi connectivity index (χ2v) is 6.16. The van der Waals surface area contributed by atoms with E-state index in [0.717, 1.165) is 6.42 Å². The van der Waals surface area contributed by atoms with Crippen molar-refractivity contribution in [1.29, 1.82) is 0 Å². The summed E-state index contributed by atoms with van der Waals surface area (Å²) < 4.78 is 0. The molecule has 1 saturated heterocycles. The largest absolute Gasteiger partial charge is 0.391 e. The summed E-state index contributed by atoms with van der Waals surface area (Å²) >= 11 is 11.9. The molecular weight excluding hydrogens is 327 g/mol. The minimum Gasteiger partial charge on any atom is -0.391 e. The highest BCUT2D eigenvalue weighted by molar-refractivity contribution is 6.43. The van der Waals surface area contributed by atoms with E-state index in [0.29, 0.717) is 19.5 Å². The number of piperidine rings is 1. The van der Waals surface area contributed by atoms with E-state index in [1.807, 2.05) is 0 Å². The molecule has 0 bridgehead atoms. The zero-order valence-corrected chi connectivity index (χ0v) is 13.7. The number of rotatable bonds is 3. The van der Waals surface area contributed by atoms with E-state index in [-0.39, 0.29) is 21.5 Å². The molecule has 1 fully saturated rings. The van der Waals surface area contributed by atoms with Gasteiger partial charge in [0.15, 0.2) is 0 Å². The van der Waals surface area contributed by atoms with Crippen LogP contribution >= 0.6 is 23.2 Å². The number of aliphatic hydroxyl groups excluding tert-OH is 1. The van der Waals surface area contributed by atoms with E-state index in [2.05, 4.69) is 5.32 Å². The maximum absolute atomic E-state index is 12.3. The Morgan fingerprint density at radius 3 is 2.82 bits per heavy atom. The summed E-state index contributed by atoms with van der Waals surface area (Å²) in [5, 5.41) is 12.7. The average Bonchev–Trinajstić information content (AvgIpc) is 2.49.